The molecular weight excluding hydrogens is 743 g/mol. The van der Waals surface area contributed by atoms with Gasteiger partial charge in [0.15, 0.2) is 0 Å². The molecule has 0 atom stereocenters. The summed E-state index contributed by atoms with van der Waals surface area (Å²) in [6.45, 7) is 0. The number of fused-ring (bicyclic) bond motifs is 2. The van der Waals surface area contributed by atoms with Gasteiger partial charge in [0.2, 0.25) is 0 Å². The second kappa shape index (κ2) is 13.2. The molecular formula is C47H30F6O4. The molecule has 0 fully saturated rings. The van der Waals surface area contributed by atoms with Crippen LogP contribution in [-0.4, -0.2) is 32.0 Å². The number of hydrogen-bond donors (Lipinski definition) is 0. The minimum atomic E-state index is -5.86. The van der Waals surface area contributed by atoms with Crippen molar-refractivity contribution >= 4 is 33.1 Å². The van der Waals surface area contributed by atoms with Gasteiger partial charge < -0.3 is 18.3 Å². The van der Waals surface area contributed by atoms with Crippen molar-refractivity contribution in [1.82, 2.24) is 0 Å². The van der Waals surface area contributed by atoms with Crippen LogP contribution in [0.15, 0.2) is 154 Å². The Bertz CT molecular complexity index is 2630. The molecule has 0 saturated carbocycles. The van der Waals surface area contributed by atoms with E-state index in [2.05, 4.69) is 0 Å². The number of methoxy groups -OCH3 is 2. The molecule has 10 heteroatoms. The molecule has 0 bridgehead atoms. The molecule has 0 saturated heterocycles. The first-order chi connectivity index (χ1) is 27.4. The number of alkyl halides is 6. The average Bonchev–Trinajstić information content (AvgIpc) is 3.83. The van der Waals surface area contributed by atoms with Crippen LogP contribution in [0.4, 0.5) is 26.3 Å². The molecule has 0 unspecified atom stereocenters. The van der Waals surface area contributed by atoms with Crippen LogP contribution in [0.2, 0.25) is 0 Å². The van der Waals surface area contributed by atoms with Gasteiger partial charge >= 0.3 is 17.8 Å². The lowest BCUT2D eigenvalue weighted by Crippen LogP contribution is -2.48. The molecule has 1 aliphatic rings. The Hall–Kier alpha value is -6.68. The zero-order valence-corrected chi connectivity index (χ0v) is 30.3. The summed E-state index contributed by atoms with van der Waals surface area (Å²) in [5.41, 5.74) is -1.10. The second-order valence-electron chi connectivity index (χ2n) is 13.7. The summed E-state index contributed by atoms with van der Waals surface area (Å²) < 4.78 is 123. The minimum absolute atomic E-state index is 0.0304. The van der Waals surface area contributed by atoms with E-state index < -0.39 is 40.0 Å². The van der Waals surface area contributed by atoms with E-state index in [4.69, 9.17) is 18.3 Å². The lowest BCUT2D eigenvalue weighted by molar-refractivity contribution is -0.254. The highest BCUT2D eigenvalue weighted by Crippen LogP contribution is 2.67. The topological polar surface area (TPSA) is 44.7 Å². The van der Waals surface area contributed by atoms with Crippen LogP contribution in [-0.2, 0) is 0 Å². The van der Waals surface area contributed by atoms with Crippen molar-refractivity contribution in [1.29, 1.82) is 0 Å². The maximum atomic E-state index is 16.8. The third-order valence-electron chi connectivity index (χ3n) is 10.5. The van der Waals surface area contributed by atoms with Crippen molar-refractivity contribution in [2.45, 2.75) is 17.8 Å². The van der Waals surface area contributed by atoms with E-state index in [9.17, 15) is 0 Å². The quantitative estimate of drug-likeness (QED) is 0.144. The Kier molecular flexibility index (Phi) is 8.35. The fraction of sp³-hybridized carbons (Fsp3) is 0.106. The van der Waals surface area contributed by atoms with Crippen LogP contribution in [0.3, 0.4) is 0 Å². The normalized spacial score (nSPS) is 15.7. The number of benzene rings is 6. The Morgan fingerprint density at radius 2 is 0.754 bits per heavy atom. The highest BCUT2D eigenvalue weighted by molar-refractivity contribution is 6.15. The summed E-state index contributed by atoms with van der Waals surface area (Å²) in [5, 5.41) is -0.106. The Balaban J connectivity index is 1.37. The van der Waals surface area contributed by atoms with Gasteiger partial charge in [0.1, 0.15) is 34.2 Å². The number of halogens is 6. The molecule has 0 radical (unpaired) electrons. The zero-order chi connectivity index (χ0) is 39.7. The molecule has 1 aliphatic carbocycles. The van der Waals surface area contributed by atoms with Crippen molar-refractivity contribution < 1.29 is 44.7 Å². The molecule has 2 heterocycles. The van der Waals surface area contributed by atoms with Gasteiger partial charge in [-0.2, -0.15) is 26.3 Å². The van der Waals surface area contributed by atoms with Gasteiger partial charge in [0.25, 0.3) is 0 Å². The van der Waals surface area contributed by atoms with Gasteiger partial charge in [-0.15, -0.1) is 0 Å². The van der Waals surface area contributed by atoms with Crippen molar-refractivity contribution in [2.24, 2.45) is 0 Å². The van der Waals surface area contributed by atoms with Crippen LogP contribution < -0.4 is 9.47 Å². The molecule has 9 rings (SSSR count). The third-order valence-corrected chi connectivity index (χ3v) is 10.5. The van der Waals surface area contributed by atoms with Gasteiger partial charge in [0, 0.05) is 44.2 Å². The van der Waals surface area contributed by atoms with Crippen LogP contribution >= 0.6 is 0 Å². The zero-order valence-electron chi connectivity index (χ0n) is 30.3. The maximum absolute atomic E-state index is 16.8. The van der Waals surface area contributed by atoms with E-state index >= 15 is 26.3 Å². The van der Waals surface area contributed by atoms with Crippen molar-refractivity contribution in [3.63, 3.8) is 0 Å². The Morgan fingerprint density at radius 1 is 0.404 bits per heavy atom. The first-order valence-corrected chi connectivity index (χ1v) is 17.9. The number of furan rings is 2. The van der Waals surface area contributed by atoms with Crippen molar-refractivity contribution in [3.8, 4) is 56.4 Å². The van der Waals surface area contributed by atoms with E-state index in [0.717, 1.165) is 0 Å². The van der Waals surface area contributed by atoms with Gasteiger partial charge in [-0.1, -0.05) is 97.1 Å². The number of allylic oxidation sites excluding steroid dienone is 2. The Morgan fingerprint density at radius 3 is 1.11 bits per heavy atom. The van der Waals surface area contributed by atoms with Crippen LogP contribution in [0.25, 0.3) is 78.0 Å². The van der Waals surface area contributed by atoms with E-state index in [1.54, 1.807) is 133 Å². The van der Waals surface area contributed by atoms with E-state index in [-0.39, 0.29) is 44.6 Å². The SMILES string of the molecule is COc1ccc(-c2ccc3c(C4=C(c5c(-c6ccccc6)oc6cc(-c7ccc(OC)cc7)ccc56)C(F)(F)C(F)(F)C4(F)F)c(-c4ccccc4)oc3c2)cc1. The number of hydrogen-bond acceptors (Lipinski definition) is 4. The fourth-order valence-electron chi connectivity index (χ4n) is 7.59. The summed E-state index contributed by atoms with van der Waals surface area (Å²) in [6.07, 6.45) is 0. The predicted molar refractivity (Wildman–Crippen MR) is 209 cm³/mol. The van der Waals surface area contributed by atoms with E-state index in [0.29, 0.717) is 33.8 Å². The average molecular weight is 773 g/mol. The molecule has 0 spiro atoms. The lowest BCUT2D eigenvalue weighted by atomic mass is 9.88. The van der Waals surface area contributed by atoms with Gasteiger partial charge in [-0.3, -0.25) is 0 Å². The molecule has 57 heavy (non-hydrogen) atoms. The van der Waals surface area contributed by atoms with Gasteiger partial charge in [-0.05, 0) is 70.8 Å². The molecule has 8 aromatic rings. The molecule has 284 valence electrons. The molecule has 0 N–H and O–H groups in total. The maximum Gasteiger partial charge on any atom is 0.380 e. The van der Waals surface area contributed by atoms with Crippen LogP contribution in [0, 0.1) is 0 Å². The molecule has 0 amide bonds. The summed E-state index contributed by atoms with van der Waals surface area (Å²) in [7, 11) is 3.06. The monoisotopic (exact) mass is 772 g/mol. The highest BCUT2D eigenvalue weighted by atomic mass is 19.3. The van der Waals surface area contributed by atoms with E-state index in [1.165, 1.54) is 26.4 Å². The minimum Gasteiger partial charge on any atom is -0.497 e. The lowest BCUT2D eigenvalue weighted by Gasteiger charge is -2.26. The van der Waals surface area contributed by atoms with Gasteiger partial charge in [-0.25, -0.2) is 0 Å². The largest absolute Gasteiger partial charge is 0.497 e. The first-order valence-electron chi connectivity index (χ1n) is 17.9. The van der Waals surface area contributed by atoms with Crippen LogP contribution in [0.1, 0.15) is 11.1 Å². The summed E-state index contributed by atoms with van der Waals surface area (Å²) in [6, 6.07) is 39.2. The Labute approximate surface area is 322 Å². The number of ether oxygens (including phenoxy) is 2. The van der Waals surface area contributed by atoms with Crippen molar-refractivity contribution in [3.05, 3.63) is 157 Å². The first kappa shape index (κ1) is 36.0. The summed E-state index contributed by atoms with van der Waals surface area (Å²) >= 11 is 0. The summed E-state index contributed by atoms with van der Waals surface area (Å²) in [5.74, 6) is -16.0. The standard InChI is InChI=1S/C47H30F6O4/c1-54-33-19-13-27(14-20-33)31-17-23-35-37(25-31)56-43(29-9-5-3-6-10-29)39(35)41-42(46(50,51)47(52,53)45(41,48)49)40-36-24-18-32(28-15-21-34(55-2)22-16-28)26-38(36)57-44(40)30-11-7-4-8-12-30/h3-26H,1-2H3. The smallest absolute Gasteiger partial charge is 0.380 e. The molecule has 6 aromatic carbocycles. The van der Waals surface area contributed by atoms with Crippen molar-refractivity contribution in [2.75, 3.05) is 14.2 Å². The van der Waals surface area contributed by atoms with E-state index in [1.807, 2.05) is 0 Å². The second-order valence-corrected chi connectivity index (χ2v) is 13.7. The highest BCUT2D eigenvalue weighted by Gasteiger charge is 2.81. The number of rotatable bonds is 8. The molecule has 2 aromatic heterocycles. The predicted octanol–water partition coefficient (Wildman–Crippen LogP) is 13.7. The van der Waals surface area contributed by atoms with Crippen LogP contribution in [0.5, 0.6) is 11.5 Å². The summed E-state index contributed by atoms with van der Waals surface area (Å²) in [4.78, 5) is 0. The molecule has 4 nitrogen and oxygen atoms in total. The van der Waals surface area contributed by atoms with Gasteiger partial charge in [0.05, 0.1) is 14.2 Å². The fourth-order valence-corrected chi connectivity index (χ4v) is 7.59. The molecule has 0 aliphatic heterocycles. The third kappa shape index (κ3) is 5.53.